The summed E-state index contributed by atoms with van der Waals surface area (Å²) in [5, 5.41) is 3.15. The maximum Gasteiger partial charge on any atom is 0.337 e. The predicted molar refractivity (Wildman–Crippen MR) is 96.3 cm³/mol. The van der Waals surface area contributed by atoms with E-state index in [-0.39, 0.29) is 6.03 Å². The molecule has 2 amide bonds. The third-order valence-corrected chi connectivity index (χ3v) is 4.44. The summed E-state index contributed by atoms with van der Waals surface area (Å²) in [6.45, 7) is 4.66. The number of halogens is 1. The van der Waals surface area contributed by atoms with E-state index in [0.717, 1.165) is 32.7 Å². The summed E-state index contributed by atoms with van der Waals surface area (Å²) < 4.78 is 9.74. The van der Waals surface area contributed by atoms with Gasteiger partial charge in [0.15, 0.2) is 0 Å². The van der Waals surface area contributed by atoms with Crippen molar-refractivity contribution in [3.05, 3.63) is 28.8 Å². The molecule has 2 rings (SSSR count). The lowest BCUT2D eigenvalue weighted by Gasteiger charge is -2.34. The van der Waals surface area contributed by atoms with Crippen LogP contribution in [0.1, 0.15) is 16.8 Å². The Bertz CT molecular complexity index is 604. The zero-order valence-electron chi connectivity index (χ0n) is 14.6. The number of piperazine rings is 1. The topological polar surface area (TPSA) is 71.1 Å². The molecule has 138 valence electrons. The lowest BCUT2D eigenvalue weighted by atomic mass is 10.2. The van der Waals surface area contributed by atoms with E-state index in [0.29, 0.717) is 29.4 Å². The summed E-state index contributed by atoms with van der Waals surface area (Å²) >= 11 is 6.12. The standard InChI is InChI=1S/C17H24ClN3O4/c1-24-11-3-6-20-7-9-21(10-8-20)17(23)19-15-12-13(16(22)25-2)4-5-14(15)18/h4-5,12H,3,6-11H2,1-2H3,(H,19,23). The molecule has 0 bridgehead atoms. The fourth-order valence-corrected chi connectivity index (χ4v) is 2.83. The van der Waals surface area contributed by atoms with E-state index >= 15 is 0 Å². The Morgan fingerprint density at radius 2 is 1.92 bits per heavy atom. The largest absolute Gasteiger partial charge is 0.465 e. The first-order chi connectivity index (χ1) is 12.0. The van der Waals surface area contributed by atoms with Gasteiger partial charge in [0.25, 0.3) is 0 Å². The molecule has 0 aliphatic carbocycles. The minimum absolute atomic E-state index is 0.222. The van der Waals surface area contributed by atoms with Crippen LogP contribution >= 0.6 is 11.6 Å². The van der Waals surface area contributed by atoms with E-state index in [1.807, 2.05) is 0 Å². The number of benzene rings is 1. The van der Waals surface area contributed by atoms with Crippen LogP contribution in [0, 0.1) is 0 Å². The molecule has 1 aliphatic heterocycles. The molecule has 0 atom stereocenters. The Morgan fingerprint density at radius 3 is 2.56 bits per heavy atom. The highest BCUT2D eigenvalue weighted by atomic mass is 35.5. The molecular weight excluding hydrogens is 346 g/mol. The second kappa shape index (κ2) is 9.60. The highest BCUT2D eigenvalue weighted by Crippen LogP contribution is 2.24. The number of esters is 1. The molecule has 0 saturated carbocycles. The van der Waals surface area contributed by atoms with Crippen LogP contribution in [-0.2, 0) is 9.47 Å². The minimum Gasteiger partial charge on any atom is -0.465 e. The molecule has 1 aromatic carbocycles. The molecule has 0 unspecified atom stereocenters. The van der Waals surface area contributed by atoms with Crippen molar-refractivity contribution in [1.29, 1.82) is 0 Å². The van der Waals surface area contributed by atoms with E-state index in [1.165, 1.54) is 13.2 Å². The van der Waals surface area contributed by atoms with E-state index < -0.39 is 5.97 Å². The average molecular weight is 370 g/mol. The van der Waals surface area contributed by atoms with Crippen LogP contribution in [0.4, 0.5) is 10.5 Å². The average Bonchev–Trinajstić information content (AvgIpc) is 2.63. The first-order valence-electron chi connectivity index (χ1n) is 8.20. The summed E-state index contributed by atoms with van der Waals surface area (Å²) in [7, 11) is 3.00. The normalized spacial score (nSPS) is 15.1. The molecule has 1 heterocycles. The number of rotatable bonds is 6. The summed E-state index contributed by atoms with van der Waals surface area (Å²) in [5.74, 6) is -0.475. The Balaban J connectivity index is 1.89. The van der Waals surface area contributed by atoms with Gasteiger partial charge >= 0.3 is 12.0 Å². The summed E-state index contributed by atoms with van der Waals surface area (Å²) in [6.07, 6.45) is 0.985. The summed E-state index contributed by atoms with van der Waals surface area (Å²) in [6, 6.07) is 4.42. The number of ether oxygens (including phenoxy) is 2. The van der Waals surface area contributed by atoms with Crippen molar-refractivity contribution in [2.75, 3.05) is 58.9 Å². The van der Waals surface area contributed by atoms with Crippen molar-refractivity contribution in [1.82, 2.24) is 9.80 Å². The van der Waals surface area contributed by atoms with E-state index in [9.17, 15) is 9.59 Å². The Morgan fingerprint density at radius 1 is 1.20 bits per heavy atom. The zero-order valence-corrected chi connectivity index (χ0v) is 15.3. The highest BCUT2D eigenvalue weighted by molar-refractivity contribution is 6.33. The number of hydrogen-bond donors (Lipinski definition) is 1. The van der Waals surface area contributed by atoms with Gasteiger partial charge in [0.05, 0.1) is 23.4 Å². The first-order valence-corrected chi connectivity index (χ1v) is 8.58. The molecule has 0 aromatic heterocycles. The third kappa shape index (κ3) is 5.59. The van der Waals surface area contributed by atoms with Crippen LogP contribution in [0.2, 0.25) is 5.02 Å². The van der Waals surface area contributed by atoms with Crippen molar-refractivity contribution < 1.29 is 19.1 Å². The van der Waals surface area contributed by atoms with Crippen molar-refractivity contribution in [2.24, 2.45) is 0 Å². The predicted octanol–water partition coefficient (Wildman–Crippen LogP) is 2.31. The van der Waals surface area contributed by atoms with Gasteiger partial charge in [0.1, 0.15) is 0 Å². The number of carbonyl (C=O) groups is 2. The molecule has 1 fully saturated rings. The van der Waals surface area contributed by atoms with Crippen LogP contribution < -0.4 is 5.32 Å². The number of urea groups is 1. The first kappa shape index (κ1) is 19.5. The number of anilines is 1. The molecule has 1 aliphatic rings. The highest BCUT2D eigenvalue weighted by Gasteiger charge is 2.21. The number of amides is 2. The molecule has 1 N–H and O–H groups in total. The third-order valence-electron chi connectivity index (χ3n) is 4.11. The second-order valence-corrected chi connectivity index (χ2v) is 6.20. The quantitative estimate of drug-likeness (QED) is 0.615. The van der Waals surface area contributed by atoms with E-state index in [4.69, 9.17) is 16.3 Å². The van der Waals surface area contributed by atoms with E-state index in [2.05, 4.69) is 15.0 Å². The Hall–Kier alpha value is -1.83. The van der Waals surface area contributed by atoms with E-state index in [1.54, 1.807) is 24.1 Å². The molecule has 0 spiro atoms. The Kier molecular flexibility index (Phi) is 7.49. The number of carbonyl (C=O) groups excluding carboxylic acids is 2. The van der Waals surface area contributed by atoms with Gasteiger partial charge in [-0.05, 0) is 24.6 Å². The molecule has 1 aromatic rings. The van der Waals surface area contributed by atoms with Crippen LogP contribution in [0.15, 0.2) is 18.2 Å². The van der Waals surface area contributed by atoms with Gasteiger partial charge in [-0.15, -0.1) is 0 Å². The van der Waals surface area contributed by atoms with Crippen LogP contribution in [0.5, 0.6) is 0 Å². The van der Waals surface area contributed by atoms with Crippen LogP contribution in [0.3, 0.4) is 0 Å². The van der Waals surface area contributed by atoms with Gasteiger partial charge in [-0.2, -0.15) is 0 Å². The second-order valence-electron chi connectivity index (χ2n) is 5.79. The fraction of sp³-hybridized carbons (Fsp3) is 0.529. The van der Waals surface area contributed by atoms with Gasteiger partial charge in [-0.1, -0.05) is 11.6 Å². The summed E-state index contributed by atoms with van der Waals surface area (Å²) in [4.78, 5) is 28.1. The number of nitrogens with one attached hydrogen (secondary N) is 1. The molecule has 0 radical (unpaired) electrons. The van der Waals surface area contributed by atoms with Crippen molar-refractivity contribution in [3.8, 4) is 0 Å². The van der Waals surface area contributed by atoms with Crippen LogP contribution in [0.25, 0.3) is 0 Å². The van der Waals surface area contributed by atoms with Crippen molar-refractivity contribution in [3.63, 3.8) is 0 Å². The zero-order chi connectivity index (χ0) is 18.2. The maximum absolute atomic E-state index is 12.4. The van der Waals surface area contributed by atoms with Crippen LogP contribution in [-0.4, -0.2) is 75.4 Å². The van der Waals surface area contributed by atoms with Gasteiger partial charge in [0, 0.05) is 46.4 Å². The monoisotopic (exact) mass is 369 g/mol. The van der Waals surface area contributed by atoms with Gasteiger partial charge in [-0.3, -0.25) is 4.90 Å². The molecule has 7 nitrogen and oxygen atoms in total. The van der Waals surface area contributed by atoms with Gasteiger partial charge in [0.2, 0.25) is 0 Å². The molecule has 1 saturated heterocycles. The lowest BCUT2D eigenvalue weighted by Crippen LogP contribution is -2.50. The maximum atomic E-state index is 12.4. The number of methoxy groups -OCH3 is 2. The van der Waals surface area contributed by atoms with Crippen molar-refractivity contribution >= 4 is 29.3 Å². The minimum atomic E-state index is -0.475. The SMILES string of the molecule is COCCCN1CCN(C(=O)Nc2cc(C(=O)OC)ccc2Cl)CC1. The smallest absolute Gasteiger partial charge is 0.337 e. The number of hydrogen-bond acceptors (Lipinski definition) is 5. The molecular formula is C17H24ClN3O4. The van der Waals surface area contributed by atoms with Gasteiger partial charge < -0.3 is 19.7 Å². The number of nitrogens with zero attached hydrogens (tertiary/aromatic N) is 2. The molecule has 8 heteroatoms. The fourth-order valence-electron chi connectivity index (χ4n) is 2.67. The Labute approximate surface area is 152 Å². The molecule has 25 heavy (non-hydrogen) atoms. The van der Waals surface area contributed by atoms with Crippen molar-refractivity contribution in [2.45, 2.75) is 6.42 Å². The lowest BCUT2D eigenvalue weighted by molar-refractivity contribution is 0.0600. The van der Waals surface area contributed by atoms with Gasteiger partial charge in [-0.25, -0.2) is 9.59 Å². The summed E-state index contributed by atoms with van der Waals surface area (Å²) in [5.41, 5.74) is 0.738.